The number of rotatable bonds is 10. The Morgan fingerprint density at radius 3 is 2.15 bits per heavy atom. The molecule has 0 spiro atoms. The van der Waals surface area contributed by atoms with Crippen LogP contribution in [0, 0.1) is 11.8 Å². The molecule has 6 rings (SSSR count). The zero-order chi connectivity index (χ0) is 33.1. The molecule has 12 nitrogen and oxygen atoms in total. The first-order valence-corrected chi connectivity index (χ1v) is 15.5. The summed E-state index contributed by atoms with van der Waals surface area (Å²) in [6, 6.07) is 22.8. The van der Waals surface area contributed by atoms with Crippen molar-refractivity contribution in [1.29, 1.82) is 0 Å². The van der Waals surface area contributed by atoms with Gasteiger partial charge in [0, 0.05) is 30.3 Å². The van der Waals surface area contributed by atoms with Crippen molar-refractivity contribution in [2.75, 3.05) is 26.8 Å². The first-order chi connectivity index (χ1) is 22.8. The topological polar surface area (TPSA) is 152 Å². The van der Waals surface area contributed by atoms with Crippen LogP contribution in [-0.4, -0.2) is 79.8 Å². The van der Waals surface area contributed by atoms with E-state index in [9.17, 15) is 24.0 Å². The smallest absolute Gasteiger partial charge is 0.407 e. The Hall–Kier alpha value is -5.39. The Kier molecular flexibility index (Phi) is 9.10. The van der Waals surface area contributed by atoms with Gasteiger partial charge in [-0.2, -0.15) is 0 Å². The monoisotopic (exact) mass is 640 g/mol. The lowest BCUT2D eigenvalue weighted by Crippen LogP contribution is -2.55. The summed E-state index contributed by atoms with van der Waals surface area (Å²) in [5, 5.41) is 7.93. The van der Waals surface area contributed by atoms with Crippen LogP contribution < -0.4 is 16.0 Å². The lowest BCUT2D eigenvalue weighted by molar-refractivity contribution is -0.146. The van der Waals surface area contributed by atoms with Crippen LogP contribution in [-0.2, 0) is 35.2 Å². The number of carbonyl (C=O) groups excluding carboxylic acids is 5. The molecular formula is C35H36N4O8. The zero-order valence-electron chi connectivity index (χ0n) is 26.0. The minimum atomic E-state index is -0.983. The molecule has 0 radical (unpaired) electrons. The van der Waals surface area contributed by atoms with E-state index in [0.29, 0.717) is 0 Å². The highest BCUT2D eigenvalue weighted by Gasteiger charge is 2.65. The standard InChI is InChI=1S/C35H36N4O8/c1-20(33(42)45-2)37-32(41)31-29-26(30(29)38-35(44)46-18-21-10-4-3-5-11-21)17-39(31)28(40)16-36-34(43)47-19-27-24-14-8-6-12-22(24)23-13-7-9-15-25(23)27/h3-15,20,26-27,29-31H,16-19H2,1-2H3,(H,36,43)(H,37,41)(H,38,44)/t20-,26-,29+,30+,31-/m0/s1. The number of carbonyl (C=O) groups is 5. The fourth-order valence-corrected chi connectivity index (χ4v) is 6.73. The number of methoxy groups -OCH3 is 1. The van der Waals surface area contributed by atoms with E-state index in [1.54, 1.807) is 0 Å². The molecular weight excluding hydrogens is 604 g/mol. The van der Waals surface area contributed by atoms with Gasteiger partial charge in [-0.15, -0.1) is 0 Å². The molecule has 0 aromatic heterocycles. The van der Waals surface area contributed by atoms with E-state index in [4.69, 9.17) is 14.2 Å². The van der Waals surface area contributed by atoms with Crippen LogP contribution in [0.2, 0.25) is 0 Å². The van der Waals surface area contributed by atoms with Gasteiger partial charge in [-0.3, -0.25) is 9.59 Å². The maximum absolute atomic E-state index is 13.4. The number of likely N-dealkylation sites (tertiary alicyclic amines) is 1. The van der Waals surface area contributed by atoms with Gasteiger partial charge in [0.2, 0.25) is 11.8 Å². The number of fused-ring (bicyclic) bond motifs is 4. The SMILES string of the molecule is COC(=O)[C@H](C)NC(=O)[C@@H]1[C@@H]2[C@H](CN1C(=O)CNC(=O)OCC1c3ccccc3-c3ccccc31)[C@H]2NC(=O)OCc1ccccc1. The summed E-state index contributed by atoms with van der Waals surface area (Å²) in [7, 11) is 1.21. The Labute approximate surface area is 271 Å². The predicted molar refractivity (Wildman–Crippen MR) is 169 cm³/mol. The second-order valence-corrected chi connectivity index (χ2v) is 11.9. The van der Waals surface area contributed by atoms with Crippen molar-refractivity contribution in [3.05, 3.63) is 95.6 Å². The average Bonchev–Trinajstić information content (AvgIpc) is 3.42. The van der Waals surface area contributed by atoms with Crippen LogP contribution in [0.5, 0.6) is 0 Å². The van der Waals surface area contributed by atoms with Crippen LogP contribution in [0.4, 0.5) is 9.59 Å². The summed E-state index contributed by atoms with van der Waals surface area (Å²) in [5.41, 5.74) is 5.16. The van der Waals surface area contributed by atoms with Crippen LogP contribution >= 0.6 is 0 Å². The Morgan fingerprint density at radius 1 is 0.851 bits per heavy atom. The third-order valence-electron chi connectivity index (χ3n) is 9.06. The molecule has 3 aromatic rings. The first kappa shape index (κ1) is 31.6. The van der Waals surface area contributed by atoms with Crippen molar-refractivity contribution < 1.29 is 38.2 Å². The molecule has 1 heterocycles. The number of piperidine rings is 1. The molecule has 3 aromatic carbocycles. The van der Waals surface area contributed by atoms with E-state index in [0.717, 1.165) is 27.8 Å². The normalized spacial score (nSPS) is 20.9. The zero-order valence-corrected chi connectivity index (χ0v) is 26.0. The van der Waals surface area contributed by atoms with E-state index in [-0.39, 0.29) is 31.6 Å². The third-order valence-corrected chi connectivity index (χ3v) is 9.06. The number of amides is 4. The van der Waals surface area contributed by atoms with E-state index >= 15 is 0 Å². The number of benzene rings is 3. The van der Waals surface area contributed by atoms with Gasteiger partial charge in [-0.05, 0) is 34.7 Å². The summed E-state index contributed by atoms with van der Waals surface area (Å²) >= 11 is 0. The van der Waals surface area contributed by atoms with Crippen molar-refractivity contribution >= 4 is 30.0 Å². The second kappa shape index (κ2) is 13.5. The van der Waals surface area contributed by atoms with Crippen molar-refractivity contribution in [2.24, 2.45) is 11.8 Å². The molecule has 0 unspecified atom stereocenters. The first-order valence-electron chi connectivity index (χ1n) is 15.5. The molecule has 1 aliphatic heterocycles. The molecule has 47 heavy (non-hydrogen) atoms. The molecule has 3 N–H and O–H groups in total. The van der Waals surface area contributed by atoms with E-state index in [2.05, 4.69) is 16.0 Å². The van der Waals surface area contributed by atoms with Crippen molar-refractivity contribution in [2.45, 2.75) is 37.6 Å². The highest BCUT2D eigenvalue weighted by molar-refractivity contribution is 5.93. The molecule has 2 fully saturated rings. The van der Waals surface area contributed by atoms with Gasteiger partial charge >= 0.3 is 18.2 Å². The van der Waals surface area contributed by atoms with Crippen LogP contribution in [0.15, 0.2) is 78.9 Å². The molecule has 4 amide bonds. The Balaban J connectivity index is 1.05. The summed E-state index contributed by atoms with van der Waals surface area (Å²) in [6.07, 6.45) is -1.39. The van der Waals surface area contributed by atoms with Crippen molar-refractivity contribution in [3.8, 4) is 11.1 Å². The molecule has 2 aliphatic carbocycles. The second-order valence-electron chi connectivity index (χ2n) is 11.9. The van der Waals surface area contributed by atoms with Crippen molar-refractivity contribution in [1.82, 2.24) is 20.9 Å². The number of nitrogens with one attached hydrogen (secondary N) is 3. The number of ether oxygens (including phenoxy) is 3. The molecule has 5 atom stereocenters. The number of hydrogen-bond donors (Lipinski definition) is 3. The summed E-state index contributed by atoms with van der Waals surface area (Å²) < 4.78 is 15.6. The largest absolute Gasteiger partial charge is 0.467 e. The van der Waals surface area contributed by atoms with Gasteiger partial charge in [-0.25, -0.2) is 14.4 Å². The minimum absolute atomic E-state index is 0.0848. The maximum atomic E-state index is 13.4. The number of esters is 1. The van der Waals surface area contributed by atoms with Gasteiger partial charge in [-0.1, -0.05) is 78.9 Å². The fourth-order valence-electron chi connectivity index (χ4n) is 6.73. The molecule has 3 aliphatic rings. The number of nitrogens with zero attached hydrogens (tertiary/aromatic N) is 1. The molecule has 1 saturated carbocycles. The highest BCUT2D eigenvalue weighted by atomic mass is 16.6. The van der Waals surface area contributed by atoms with Crippen molar-refractivity contribution in [3.63, 3.8) is 0 Å². The fraction of sp³-hybridized carbons (Fsp3) is 0.343. The molecule has 12 heteroatoms. The summed E-state index contributed by atoms with van der Waals surface area (Å²) in [5.74, 6) is -2.45. The Morgan fingerprint density at radius 2 is 1.49 bits per heavy atom. The van der Waals surface area contributed by atoms with Crippen LogP contribution in [0.3, 0.4) is 0 Å². The van der Waals surface area contributed by atoms with Gasteiger partial charge in [0.25, 0.3) is 0 Å². The highest BCUT2D eigenvalue weighted by Crippen LogP contribution is 2.50. The molecule has 244 valence electrons. The third kappa shape index (κ3) is 6.62. The summed E-state index contributed by atoms with van der Waals surface area (Å²) in [4.78, 5) is 65.4. The Bertz CT molecular complexity index is 1640. The molecule has 0 bridgehead atoms. The minimum Gasteiger partial charge on any atom is -0.467 e. The molecule has 1 saturated heterocycles. The lowest BCUT2D eigenvalue weighted by Gasteiger charge is -2.29. The number of alkyl carbamates (subject to hydrolysis) is 2. The maximum Gasteiger partial charge on any atom is 0.407 e. The van der Waals surface area contributed by atoms with Crippen LogP contribution in [0.1, 0.15) is 29.5 Å². The van der Waals surface area contributed by atoms with Gasteiger partial charge in [0.15, 0.2) is 0 Å². The van der Waals surface area contributed by atoms with E-state index in [1.165, 1.54) is 18.9 Å². The number of hydrogen-bond acceptors (Lipinski definition) is 8. The van der Waals surface area contributed by atoms with Gasteiger partial charge < -0.3 is 35.1 Å². The quantitative estimate of drug-likeness (QED) is 0.226. The lowest BCUT2D eigenvalue weighted by atomic mass is 9.98. The average molecular weight is 641 g/mol. The predicted octanol–water partition coefficient (Wildman–Crippen LogP) is 2.95. The van der Waals surface area contributed by atoms with Crippen LogP contribution in [0.25, 0.3) is 11.1 Å². The van der Waals surface area contributed by atoms with Gasteiger partial charge in [0.05, 0.1) is 7.11 Å². The van der Waals surface area contributed by atoms with Gasteiger partial charge in [0.1, 0.15) is 31.8 Å². The van der Waals surface area contributed by atoms with E-state index in [1.807, 2.05) is 78.9 Å². The summed E-state index contributed by atoms with van der Waals surface area (Å²) in [6.45, 7) is 1.42. The van der Waals surface area contributed by atoms with E-state index < -0.39 is 60.6 Å².